The van der Waals surface area contributed by atoms with E-state index < -0.39 is 0 Å². The predicted molar refractivity (Wildman–Crippen MR) is 61.7 cm³/mol. The predicted octanol–water partition coefficient (Wildman–Crippen LogP) is 2.55. The minimum atomic E-state index is -0.225. The molecule has 2 rings (SSSR count). The van der Waals surface area contributed by atoms with Crippen LogP contribution in [0.25, 0.3) is 0 Å². The highest BCUT2D eigenvalue weighted by Crippen LogP contribution is 2.33. The largest absolute Gasteiger partial charge is 0.508 e. The van der Waals surface area contributed by atoms with E-state index in [4.69, 9.17) is 4.74 Å². The maximum atomic E-state index is 9.72. The van der Waals surface area contributed by atoms with Crippen molar-refractivity contribution < 1.29 is 9.84 Å². The SMILES string of the molecule is CC1(C)COC(c2cc(Br)ccc2O)N1. The van der Waals surface area contributed by atoms with E-state index in [2.05, 4.69) is 35.1 Å². The number of hydrogen-bond donors (Lipinski definition) is 2. The number of hydrogen-bond acceptors (Lipinski definition) is 3. The number of rotatable bonds is 1. The smallest absolute Gasteiger partial charge is 0.138 e. The lowest BCUT2D eigenvalue weighted by Gasteiger charge is -2.17. The fourth-order valence-corrected chi connectivity index (χ4v) is 2.01. The Labute approximate surface area is 97.6 Å². The van der Waals surface area contributed by atoms with E-state index in [1.165, 1.54) is 0 Å². The molecule has 4 heteroatoms. The Kier molecular flexibility index (Phi) is 2.75. The van der Waals surface area contributed by atoms with Crippen LogP contribution in [0.4, 0.5) is 0 Å². The lowest BCUT2D eigenvalue weighted by molar-refractivity contribution is 0.0968. The van der Waals surface area contributed by atoms with E-state index in [9.17, 15) is 5.11 Å². The number of phenols is 1. The van der Waals surface area contributed by atoms with E-state index in [0.29, 0.717) is 6.61 Å². The van der Waals surface area contributed by atoms with Gasteiger partial charge >= 0.3 is 0 Å². The van der Waals surface area contributed by atoms with Gasteiger partial charge in [0.2, 0.25) is 0 Å². The summed E-state index contributed by atoms with van der Waals surface area (Å²) in [6.45, 7) is 4.79. The summed E-state index contributed by atoms with van der Waals surface area (Å²) in [5.41, 5.74) is 0.731. The van der Waals surface area contributed by atoms with E-state index in [-0.39, 0.29) is 17.5 Å². The van der Waals surface area contributed by atoms with Crippen molar-refractivity contribution in [1.82, 2.24) is 5.32 Å². The van der Waals surface area contributed by atoms with E-state index in [1.54, 1.807) is 12.1 Å². The Balaban J connectivity index is 2.27. The molecular weight excluding hydrogens is 258 g/mol. The molecule has 3 nitrogen and oxygen atoms in total. The zero-order valence-corrected chi connectivity index (χ0v) is 10.3. The van der Waals surface area contributed by atoms with E-state index in [1.807, 2.05) is 6.07 Å². The molecule has 1 atom stereocenters. The van der Waals surface area contributed by atoms with Crippen LogP contribution in [0.3, 0.4) is 0 Å². The Morgan fingerprint density at radius 1 is 1.53 bits per heavy atom. The van der Waals surface area contributed by atoms with E-state index >= 15 is 0 Å². The normalized spacial score (nSPS) is 24.3. The molecule has 0 saturated carbocycles. The number of nitrogens with one attached hydrogen (secondary N) is 1. The molecule has 0 aliphatic carbocycles. The highest BCUT2D eigenvalue weighted by molar-refractivity contribution is 9.10. The van der Waals surface area contributed by atoms with Crippen LogP contribution in [-0.4, -0.2) is 17.3 Å². The summed E-state index contributed by atoms with van der Waals surface area (Å²) >= 11 is 3.38. The molecule has 2 N–H and O–H groups in total. The van der Waals surface area contributed by atoms with Gasteiger partial charge in [-0.15, -0.1) is 0 Å². The molecule has 1 aliphatic heterocycles. The summed E-state index contributed by atoms with van der Waals surface area (Å²) in [6.07, 6.45) is -0.225. The first kappa shape index (κ1) is 10.9. The zero-order chi connectivity index (χ0) is 11.1. The second-order valence-electron chi connectivity index (χ2n) is 4.42. The third-order valence-corrected chi connectivity index (χ3v) is 2.90. The van der Waals surface area contributed by atoms with Gasteiger partial charge in [0, 0.05) is 15.6 Å². The van der Waals surface area contributed by atoms with Crippen LogP contribution in [0.2, 0.25) is 0 Å². The average molecular weight is 272 g/mol. The highest BCUT2D eigenvalue weighted by atomic mass is 79.9. The molecule has 1 aliphatic rings. The monoisotopic (exact) mass is 271 g/mol. The van der Waals surface area contributed by atoms with E-state index in [0.717, 1.165) is 10.0 Å². The van der Waals surface area contributed by atoms with Crippen molar-refractivity contribution in [2.24, 2.45) is 0 Å². The molecule has 0 aromatic heterocycles. The molecule has 1 saturated heterocycles. The molecule has 82 valence electrons. The molecule has 1 fully saturated rings. The van der Waals surface area contributed by atoms with Crippen molar-refractivity contribution in [3.63, 3.8) is 0 Å². The van der Waals surface area contributed by atoms with Crippen molar-refractivity contribution in [2.75, 3.05) is 6.61 Å². The van der Waals surface area contributed by atoms with Crippen LogP contribution in [0.15, 0.2) is 22.7 Å². The molecule has 1 aromatic rings. The second kappa shape index (κ2) is 3.77. The van der Waals surface area contributed by atoms with Gasteiger partial charge in [-0.2, -0.15) is 0 Å². The van der Waals surface area contributed by atoms with Crippen LogP contribution >= 0.6 is 15.9 Å². The van der Waals surface area contributed by atoms with Gasteiger partial charge in [-0.1, -0.05) is 15.9 Å². The fourth-order valence-electron chi connectivity index (χ4n) is 1.63. The topological polar surface area (TPSA) is 41.5 Å². The van der Waals surface area contributed by atoms with Gasteiger partial charge in [-0.05, 0) is 32.0 Å². The molecular formula is C11H14BrNO2. The number of aromatic hydroxyl groups is 1. The Hall–Kier alpha value is -0.580. The second-order valence-corrected chi connectivity index (χ2v) is 5.34. The Morgan fingerprint density at radius 3 is 2.87 bits per heavy atom. The molecule has 0 bridgehead atoms. The number of benzene rings is 1. The molecule has 0 amide bonds. The van der Waals surface area contributed by atoms with Crippen LogP contribution < -0.4 is 5.32 Å². The van der Waals surface area contributed by atoms with Crippen LogP contribution in [0.5, 0.6) is 5.75 Å². The van der Waals surface area contributed by atoms with Gasteiger partial charge in [0.1, 0.15) is 12.0 Å². The maximum Gasteiger partial charge on any atom is 0.138 e. The van der Waals surface area contributed by atoms with Gasteiger partial charge in [-0.25, -0.2) is 0 Å². The van der Waals surface area contributed by atoms with Crippen LogP contribution in [-0.2, 0) is 4.74 Å². The van der Waals surface area contributed by atoms with Crippen molar-refractivity contribution >= 4 is 15.9 Å². The van der Waals surface area contributed by atoms with Gasteiger partial charge in [0.05, 0.1) is 6.61 Å². The van der Waals surface area contributed by atoms with Gasteiger partial charge in [-0.3, -0.25) is 5.32 Å². The number of phenolic OH excluding ortho intramolecular Hbond substituents is 1. The summed E-state index contributed by atoms with van der Waals surface area (Å²) in [7, 11) is 0. The zero-order valence-electron chi connectivity index (χ0n) is 8.75. The summed E-state index contributed by atoms with van der Waals surface area (Å²) in [5.74, 6) is 0.258. The summed E-state index contributed by atoms with van der Waals surface area (Å²) in [4.78, 5) is 0. The lowest BCUT2D eigenvalue weighted by atomic mass is 10.1. The van der Waals surface area contributed by atoms with Crippen molar-refractivity contribution in [3.8, 4) is 5.75 Å². The van der Waals surface area contributed by atoms with Gasteiger partial charge < -0.3 is 9.84 Å². The minimum Gasteiger partial charge on any atom is -0.508 e. The maximum absolute atomic E-state index is 9.72. The van der Waals surface area contributed by atoms with Crippen molar-refractivity contribution in [1.29, 1.82) is 0 Å². The summed E-state index contributed by atoms with van der Waals surface area (Å²) in [6, 6.07) is 5.34. The first-order valence-corrected chi connectivity index (χ1v) is 5.65. The van der Waals surface area contributed by atoms with Crippen molar-refractivity contribution in [2.45, 2.75) is 25.6 Å². The minimum absolute atomic E-state index is 0.0422. The fraction of sp³-hybridized carbons (Fsp3) is 0.455. The van der Waals surface area contributed by atoms with Crippen LogP contribution in [0, 0.1) is 0 Å². The summed E-state index contributed by atoms with van der Waals surface area (Å²) in [5, 5.41) is 13.0. The lowest BCUT2D eigenvalue weighted by Crippen LogP contribution is -2.35. The van der Waals surface area contributed by atoms with Gasteiger partial charge in [0.25, 0.3) is 0 Å². The standard InChI is InChI=1S/C11H14BrNO2/c1-11(2)6-15-10(13-11)8-5-7(12)3-4-9(8)14/h3-5,10,13-14H,6H2,1-2H3. The quantitative estimate of drug-likeness (QED) is 0.825. The first-order valence-electron chi connectivity index (χ1n) is 4.86. The third-order valence-electron chi connectivity index (χ3n) is 2.40. The molecule has 0 spiro atoms. The third kappa shape index (κ3) is 2.33. The first-order chi connectivity index (χ1) is 6.98. The van der Waals surface area contributed by atoms with Gasteiger partial charge in [0.15, 0.2) is 0 Å². The number of halogens is 1. The van der Waals surface area contributed by atoms with Crippen molar-refractivity contribution in [3.05, 3.63) is 28.2 Å². The Morgan fingerprint density at radius 2 is 2.27 bits per heavy atom. The molecule has 1 aromatic carbocycles. The highest BCUT2D eigenvalue weighted by Gasteiger charge is 2.32. The molecule has 0 radical (unpaired) electrons. The van der Waals surface area contributed by atoms with Crippen LogP contribution in [0.1, 0.15) is 25.6 Å². The summed E-state index contributed by atoms with van der Waals surface area (Å²) < 4.78 is 6.53. The molecule has 15 heavy (non-hydrogen) atoms. The molecule has 1 heterocycles. The number of ether oxygens (including phenoxy) is 1. The average Bonchev–Trinajstić information content (AvgIpc) is 2.50. The molecule has 1 unspecified atom stereocenters. The Bertz CT molecular complexity index is 379.